The molecule has 30 heavy (non-hydrogen) atoms. The van der Waals surface area contributed by atoms with E-state index < -0.39 is 11.9 Å². The van der Waals surface area contributed by atoms with Crippen LogP contribution in [0.2, 0.25) is 10.0 Å². The van der Waals surface area contributed by atoms with Crippen molar-refractivity contribution in [2.45, 2.75) is 33.4 Å². The van der Waals surface area contributed by atoms with Gasteiger partial charge in [0.25, 0.3) is 17.0 Å². The second-order valence-electron chi connectivity index (χ2n) is 7.10. The maximum atomic E-state index is 12.6. The number of rotatable bonds is 5. The molecule has 0 aliphatic heterocycles. The lowest BCUT2D eigenvalue weighted by atomic mass is 10.1. The molecule has 3 aromatic rings. The van der Waals surface area contributed by atoms with Gasteiger partial charge in [-0.1, -0.05) is 29.3 Å². The number of halogens is 2. The van der Waals surface area contributed by atoms with Crippen molar-refractivity contribution in [3.05, 3.63) is 101 Å². The van der Waals surface area contributed by atoms with E-state index in [0.717, 1.165) is 11.3 Å². The molecule has 0 bridgehead atoms. The molecule has 0 saturated heterocycles. The molecule has 1 aromatic carbocycles. The molecule has 0 aliphatic carbocycles. The molecular weight excluding hydrogens is 425 g/mol. The predicted molar refractivity (Wildman–Crippen MR) is 119 cm³/mol. The summed E-state index contributed by atoms with van der Waals surface area (Å²) in [5.74, 6) is -0.443. The molecule has 0 radical (unpaired) electrons. The van der Waals surface area contributed by atoms with Gasteiger partial charge in [0.05, 0.1) is 6.04 Å². The molecule has 3 rings (SSSR count). The van der Waals surface area contributed by atoms with E-state index in [1.807, 2.05) is 13.0 Å². The largest absolute Gasteiger partial charge is 0.348 e. The van der Waals surface area contributed by atoms with Crippen molar-refractivity contribution in [1.82, 2.24) is 14.9 Å². The summed E-state index contributed by atoms with van der Waals surface area (Å²) >= 11 is 12.5. The second kappa shape index (κ2) is 8.90. The van der Waals surface area contributed by atoms with Gasteiger partial charge in [-0.2, -0.15) is 0 Å². The monoisotopic (exact) mass is 445 g/mol. The number of benzene rings is 1. The van der Waals surface area contributed by atoms with E-state index >= 15 is 0 Å². The highest BCUT2D eigenvalue weighted by molar-refractivity contribution is 6.36. The van der Waals surface area contributed by atoms with Gasteiger partial charge in [0.1, 0.15) is 0 Å². The number of pyridine rings is 2. The number of aryl methyl sites for hydroxylation is 2. The zero-order chi connectivity index (χ0) is 22.0. The number of carbonyl (C=O) groups is 1. The van der Waals surface area contributed by atoms with Crippen LogP contribution in [-0.4, -0.2) is 15.5 Å². The number of hydrogen-bond donors (Lipinski definition) is 2. The number of hydrogen-bond acceptors (Lipinski definition) is 3. The minimum absolute atomic E-state index is 0.0645. The third kappa shape index (κ3) is 4.50. The number of aromatic nitrogens is 2. The lowest BCUT2D eigenvalue weighted by Gasteiger charge is -2.18. The van der Waals surface area contributed by atoms with E-state index in [4.69, 9.17) is 23.2 Å². The molecule has 6 nitrogen and oxygen atoms in total. The molecule has 156 valence electrons. The summed E-state index contributed by atoms with van der Waals surface area (Å²) in [6.45, 7) is 5.48. The zero-order valence-corrected chi connectivity index (χ0v) is 18.3. The number of aromatic amines is 1. The fourth-order valence-electron chi connectivity index (χ4n) is 3.37. The van der Waals surface area contributed by atoms with Crippen LogP contribution in [0, 0.1) is 13.8 Å². The second-order valence-corrected chi connectivity index (χ2v) is 7.91. The first-order valence-electron chi connectivity index (χ1n) is 9.32. The third-order valence-corrected chi connectivity index (χ3v) is 5.62. The van der Waals surface area contributed by atoms with Gasteiger partial charge in [-0.05, 0) is 50.6 Å². The van der Waals surface area contributed by atoms with Crippen molar-refractivity contribution in [3.63, 3.8) is 0 Å². The normalized spacial score (nSPS) is 11.9. The lowest BCUT2D eigenvalue weighted by Crippen LogP contribution is -2.30. The summed E-state index contributed by atoms with van der Waals surface area (Å²) in [6.07, 6.45) is 1.53. The molecule has 8 heteroatoms. The summed E-state index contributed by atoms with van der Waals surface area (Å²) in [5, 5.41) is 3.61. The Bertz CT molecular complexity index is 1210. The Morgan fingerprint density at radius 1 is 1.13 bits per heavy atom. The fraction of sp³-hybridized carbons (Fsp3) is 0.227. The molecule has 0 fully saturated rings. The molecule has 0 aliphatic rings. The van der Waals surface area contributed by atoms with Crippen LogP contribution >= 0.6 is 23.2 Å². The van der Waals surface area contributed by atoms with E-state index in [2.05, 4.69) is 10.3 Å². The van der Waals surface area contributed by atoms with Crippen LogP contribution in [0.3, 0.4) is 0 Å². The summed E-state index contributed by atoms with van der Waals surface area (Å²) in [4.78, 5) is 40.0. The highest BCUT2D eigenvalue weighted by atomic mass is 35.5. The maximum absolute atomic E-state index is 12.6. The number of nitrogens with one attached hydrogen (secondary N) is 2. The van der Waals surface area contributed by atoms with E-state index in [0.29, 0.717) is 21.2 Å². The summed E-state index contributed by atoms with van der Waals surface area (Å²) in [6, 6.07) is 9.38. The number of nitrogens with zero attached hydrogens (tertiary/aromatic N) is 1. The quantitative estimate of drug-likeness (QED) is 0.622. The smallest absolute Gasteiger partial charge is 0.253 e. The van der Waals surface area contributed by atoms with Crippen LogP contribution in [0.5, 0.6) is 0 Å². The van der Waals surface area contributed by atoms with E-state index in [1.165, 1.54) is 16.8 Å². The first kappa shape index (κ1) is 21.9. The first-order valence-corrected chi connectivity index (χ1v) is 10.1. The number of H-pyrrole nitrogens is 1. The molecule has 2 heterocycles. The fourth-order valence-corrected chi connectivity index (χ4v) is 4.09. The Labute approximate surface area is 183 Å². The van der Waals surface area contributed by atoms with Crippen LogP contribution < -0.4 is 16.4 Å². The van der Waals surface area contributed by atoms with Crippen molar-refractivity contribution >= 4 is 29.1 Å². The Morgan fingerprint density at radius 3 is 2.40 bits per heavy atom. The Balaban J connectivity index is 1.81. The van der Waals surface area contributed by atoms with Gasteiger partial charge in [0, 0.05) is 51.2 Å². The van der Waals surface area contributed by atoms with Crippen molar-refractivity contribution in [1.29, 1.82) is 0 Å². The third-order valence-electron chi connectivity index (χ3n) is 4.96. The van der Waals surface area contributed by atoms with E-state index in [9.17, 15) is 14.4 Å². The molecule has 2 aromatic heterocycles. The molecule has 0 saturated carbocycles. The molecule has 0 spiro atoms. The van der Waals surface area contributed by atoms with Gasteiger partial charge < -0.3 is 14.9 Å². The average molecular weight is 446 g/mol. The van der Waals surface area contributed by atoms with Gasteiger partial charge >= 0.3 is 0 Å². The number of carbonyl (C=O) groups excluding carboxylic acids is 1. The minimum atomic E-state index is -0.443. The van der Waals surface area contributed by atoms with Gasteiger partial charge in [0.15, 0.2) is 0 Å². The number of amides is 1. The van der Waals surface area contributed by atoms with Gasteiger partial charge in [-0.25, -0.2) is 0 Å². The minimum Gasteiger partial charge on any atom is -0.348 e. The molecule has 1 atom stereocenters. The topological polar surface area (TPSA) is 84.0 Å². The molecule has 2 N–H and O–H groups in total. The Morgan fingerprint density at radius 2 is 1.80 bits per heavy atom. The average Bonchev–Trinajstić information content (AvgIpc) is 2.66. The van der Waals surface area contributed by atoms with Gasteiger partial charge in [0.2, 0.25) is 0 Å². The van der Waals surface area contributed by atoms with Crippen LogP contribution in [0.25, 0.3) is 0 Å². The summed E-state index contributed by atoms with van der Waals surface area (Å²) in [7, 11) is 0. The molecule has 1 unspecified atom stereocenters. The van der Waals surface area contributed by atoms with Crippen LogP contribution in [0.15, 0.2) is 52.2 Å². The standard InChI is InChI=1S/C22H21Cl2N3O3/c1-12-9-13(2)26-22(30)16(12)11-25-21(29)15-7-8-27(19(28)10-15)14(3)20-17(23)5-4-6-18(20)24/h4-10,14H,11H2,1-3H3,(H,25,29)(H,26,30). The first-order chi connectivity index (χ1) is 14.2. The van der Waals surface area contributed by atoms with Crippen molar-refractivity contribution in [2.24, 2.45) is 0 Å². The SMILES string of the molecule is Cc1cc(C)c(CNC(=O)c2ccn(C(C)c3c(Cl)cccc3Cl)c(=O)c2)c(=O)[nH]1. The van der Waals surface area contributed by atoms with E-state index in [1.54, 1.807) is 38.1 Å². The molecular formula is C22H21Cl2N3O3. The molecule has 1 amide bonds. The Kier molecular flexibility index (Phi) is 6.48. The van der Waals surface area contributed by atoms with Crippen molar-refractivity contribution < 1.29 is 4.79 Å². The predicted octanol–water partition coefficient (Wildman–Crippen LogP) is 4.00. The highest BCUT2D eigenvalue weighted by Gasteiger charge is 2.17. The highest BCUT2D eigenvalue weighted by Crippen LogP contribution is 2.31. The van der Waals surface area contributed by atoms with Crippen molar-refractivity contribution in [3.8, 4) is 0 Å². The summed E-state index contributed by atoms with van der Waals surface area (Å²) < 4.78 is 1.46. The van der Waals surface area contributed by atoms with Crippen molar-refractivity contribution in [2.75, 3.05) is 0 Å². The maximum Gasteiger partial charge on any atom is 0.253 e. The van der Waals surface area contributed by atoms with Crippen LogP contribution in [0.4, 0.5) is 0 Å². The van der Waals surface area contributed by atoms with E-state index in [-0.39, 0.29) is 23.2 Å². The van der Waals surface area contributed by atoms with Gasteiger partial charge in [-0.3, -0.25) is 14.4 Å². The summed E-state index contributed by atoms with van der Waals surface area (Å²) in [5.41, 5.74) is 2.25. The van der Waals surface area contributed by atoms with Crippen LogP contribution in [0.1, 0.15) is 45.7 Å². The Hall–Kier alpha value is -2.83. The van der Waals surface area contributed by atoms with Crippen LogP contribution in [-0.2, 0) is 6.54 Å². The van der Waals surface area contributed by atoms with Gasteiger partial charge in [-0.15, -0.1) is 0 Å². The zero-order valence-electron chi connectivity index (χ0n) is 16.8. The lowest BCUT2D eigenvalue weighted by molar-refractivity contribution is 0.0950.